The maximum Gasteiger partial charge on any atom is 0.209 e. The van der Waals surface area contributed by atoms with Gasteiger partial charge in [0.2, 0.25) is 5.78 Å². The Morgan fingerprint density at radius 3 is 2.47 bits per heavy atom. The Kier molecular flexibility index (Phi) is 4.10. The smallest absolute Gasteiger partial charge is 0.209 e. The van der Waals surface area contributed by atoms with Gasteiger partial charge in [0, 0.05) is 11.3 Å². The van der Waals surface area contributed by atoms with Crippen LogP contribution in [0.2, 0.25) is 0 Å². The lowest BCUT2D eigenvalue weighted by Gasteiger charge is -2.17. The van der Waals surface area contributed by atoms with Gasteiger partial charge in [-0.25, -0.2) is 0 Å². The molecule has 19 heavy (non-hydrogen) atoms. The lowest BCUT2D eigenvalue weighted by molar-refractivity contribution is -0.117. The van der Waals surface area contributed by atoms with Crippen molar-refractivity contribution < 1.29 is 4.79 Å². The van der Waals surface area contributed by atoms with Crippen molar-refractivity contribution in [3.8, 4) is 11.8 Å². The molecule has 0 aromatic heterocycles. The third-order valence-electron chi connectivity index (χ3n) is 3.64. The first-order valence-electron chi connectivity index (χ1n) is 7.09. The van der Waals surface area contributed by atoms with Crippen LogP contribution in [0.3, 0.4) is 0 Å². The molecular formula is C18H22O. The Hall–Kier alpha value is -1.55. The molecule has 0 spiro atoms. The normalized spacial score (nSPS) is 22.7. The second-order valence-corrected chi connectivity index (χ2v) is 6.42. The Balaban J connectivity index is 2.15. The third kappa shape index (κ3) is 3.70. The summed E-state index contributed by atoms with van der Waals surface area (Å²) in [4.78, 5) is 12.3. The molecule has 0 unspecified atom stereocenters. The molecule has 0 heterocycles. The number of rotatable bonds is 2. The zero-order chi connectivity index (χ0) is 13.9. The minimum absolute atomic E-state index is 0.0947. The predicted octanol–water partition coefficient (Wildman–Crippen LogP) is 4.19. The quantitative estimate of drug-likeness (QED) is 0.571. The summed E-state index contributed by atoms with van der Waals surface area (Å²) in [6.45, 7) is 6.11. The molecular weight excluding hydrogens is 232 g/mol. The van der Waals surface area contributed by atoms with E-state index in [-0.39, 0.29) is 17.1 Å². The monoisotopic (exact) mass is 254 g/mol. The molecule has 2 atom stereocenters. The van der Waals surface area contributed by atoms with E-state index >= 15 is 0 Å². The van der Waals surface area contributed by atoms with Crippen LogP contribution in [0, 0.1) is 23.2 Å². The highest BCUT2D eigenvalue weighted by molar-refractivity contribution is 5.98. The maximum atomic E-state index is 12.3. The van der Waals surface area contributed by atoms with Crippen LogP contribution in [0.25, 0.3) is 0 Å². The summed E-state index contributed by atoms with van der Waals surface area (Å²) in [7, 11) is 0. The Morgan fingerprint density at radius 1 is 1.16 bits per heavy atom. The second-order valence-electron chi connectivity index (χ2n) is 6.42. The number of carbonyl (C=O) groups excluding carboxylic acids is 1. The molecule has 0 saturated heterocycles. The van der Waals surface area contributed by atoms with Crippen LogP contribution in [0.4, 0.5) is 0 Å². The molecule has 0 radical (unpaired) electrons. The first kappa shape index (κ1) is 13.9. The lowest BCUT2D eigenvalue weighted by atomic mass is 9.86. The van der Waals surface area contributed by atoms with Gasteiger partial charge in [-0.15, -0.1) is 0 Å². The highest BCUT2D eigenvalue weighted by Crippen LogP contribution is 2.39. The lowest BCUT2D eigenvalue weighted by Crippen LogP contribution is -2.16. The van der Waals surface area contributed by atoms with Crippen molar-refractivity contribution in [3.05, 3.63) is 35.9 Å². The van der Waals surface area contributed by atoms with E-state index in [1.54, 1.807) is 0 Å². The van der Waals surface area contributed by atoms with Gasteiger partial charge >= 0.3 is 0 Å². The van der Waals surface area contributed by atoms with E-state index < -0.39 is 0 Å². The Labute approximate surface area is 116 Å². The molecule has 100 valence electrons. The minimum atomic E-state index is -0.101. The first-order chi connectivity index (χ1) is 8.97. The van der Waals surface area contributed by atoms with Crippen LogP contribution >= 0.6 is 0 Å². The molecule has 0 aliphatic heterocycles. The SMILES string of the molecule is CC(C)(C)C#CC(=O)[C@H]1CCC[C@@H]1c1ccccc1. The van der Waals surface area contributed by atoms with Crippen LogP contribution < -0.4 is 0 Å². The van der Waals surface area contributed by atoms with E-state index in [0.29, 0.717) is 5.92 Å². The molecule has 0 bridgehead atoms. The average molecular weight is 254 g/mol. The van der Waals surface area contributed by atoms with Crippen LogP contribution in [0.1, 0.15) is 51.5 Å². The first-order valence-corrected chi connectivity index (χ1v) is 7.09. The molecule has 1 nitrogen and oxygen atoms in total. The van der Waals surface area contributed by atoms with Gasteiger partial charge in [-0.2, -0.15) is 0 Å². The van der Waals surface area contributed by atoms with Gasteiger partial charge in [-0.05, 0) is 51.0 Å². The average Bonchev–Trinajstić information content (AvgIpc) is 2.85. The molecule has 1 aromatic rings. The van der Waals surface area contributed by atoms with Crippen molar-refractivity contribution in [2.24, 2.45) is 11.3 Å². The van der Waals surface area contributed by atoms with Crippen LogP contribution in [0.15, 0.2) is 30.3 Å². The van der Waals surface area contributed by atoms with Gasteiger partial charge < -0.3 is 0 Å². The summed E-state index contributed by atoms with van der Waals surface area (Å²) in [6.07, 6.45) is 3.22. The third-order valence-corrected chi connectivity index (χ3v) is 3.64. The zero-order valence-electron chi connectivity index (χ0n) is 12.1. The van der Waals surface area contributed by atoms with Crippen LogP contribution in [-0.2, 0) is 4.79 Å². The van der Waals surface area contributed by atoms with E-state index in [9.17, 15) is 4.79 Å². The van der Waals surface area contributed by atoms with E-state index in [4.69, 9.17) is 0 Å². The number of carbonyl (C=O) groups is 1. The van der Waals surface area contributed by atoms with Gasteiger partial charge in [0.25, 0.3) is 0 Å². The van der Waals surface area contributed by atoms with Crippen molar-refractivity contribution in [1.29, 1.82) is 0 Å². The number of Topliss-reactive ketones (excluding diaryl/α,β-unsaturated/α-hetero) is 1. The fourth-order valence-corrected chi connectivity index (χ4v) is 2.71. The summed E-state index contributed by atoms with van der Waals surface area (Å²) >= 11 is 0. The maximum absolute atomic E-state index is 12.3. The Bertz CT molecular complexity index is 496. The van der Waals surface area contributed by atoms with Gasteiger partial charge in [0.05, 0.1) is 0 Å². The van der Waals surface area contributed by atoms with E-state index in [2.05, 4.69) is 36.1 Å². The van der Waals surface area contributed by atoms with Crippen molar-refractivity contribution in [2.75, 3.05) is 0 Å². The topological polar surface area (TPSA) is 17.1 Å². The van der Waals surface area contributed by atoms with E-state index in [0.717, 1.165) is 19.3 Å². The molecule has 2 rings (SSSR count). The van der Waals surface area contributed by atoms with Crippen molar-refractivity contribution >= 4 is 5.78 Å². The molecule has 1 aromatic carbocycles. The summed E-state index contributed by atoms with van der Waals surface area (Å²) < 4.78 is 0. The molecule has 1 aliphatic rings. The number of benzene rings is 1. The molecule has 0 amide bonds. The fraction of sp³-hybridized carbons (Fsp3) is 0.500. The second kappa shape index (κ2) is 5.61. The molecule has 1 aliphatic carbocycles. The van der Waals surface area contributed by atoms with Gasteiger partial charge in [-0.3, -0.25) is 4.79 Å². The van der Waals surface area contributed by atoms with Gasteiger partial charge in [0.15, 0.2) is 0 Å². The summed E-state index contributed by atoms with van der Waals surface area (Å²) in [5.41, 5.74) is 1.19. The van der Waals surface area contributed by atoms with E-state index in [1.807, 2.05) is 26.8 Å². The van der Waals surface area contributed by atoms with Crippen LogP contribution in [0.5, 0.6) is 0 Å². The number of hydrogen-bond donors (Lipinski definition) is 0. The Morgan fingerprint density at radius 2 is 1.84 bits per heavy atom. The standard InChI is InChI=1S/C18H22O/c1-18(2,3)13-12-17(19)16-11-7-10-15(16)14-8-5-4-6-9-14/h4-6,8-9,15-16H,7,10-11H2,1-3H3/t15-,16+/m1/s1. The molecule has 1 saturated carbocycles. The van der Waals surface area contributed by atoms with Crippen molar-refractivity contribution in [1.82, 2.24) is 0 Å². The fourth-order valence-electron chi connectivity index (χ4n) is 2.71. The summed E-state index contributed by atoms with van der Waals surface area (Å²) in [6, 6.07) is 10.4. The highest BCUT2D eigenvalue weighted by atomic mass is 16.1. The largest absolute Gasteiger partial charge is 0.285 e. The molecule has 0 N–H and O–H groups in total. The zero-order valence-corrected chi connectivity index (χ0v) is 12.1. The van der Waals surface area contributed by atoms with Gasteiger partial charge in [-0.1, -0.05) is 42.7 Å². The van der Waals surface area contributed by atoms with Crippen molar-refractivity contribution in [2.45, 2.75) is 46.0 Å². The van der Waals surface area contributed by atoms with Crippen LogP contribution in [-0.4, -0.2) is 5.78 Å². The molecule has 1 heteroatoms. The number of ketones is 1. The van der Waals surface area contributed by atoms with Gasteiger partial charge in [0.1, 0.15) is 0 Å². The van der Waals surface area contributed by atoms with E-state index in [1.165, 1.54) is 5.56 Å². The highest BCUT2D eigenvalue weighted by Gasteiger charge is 2.33. The summed E-state index contributed by atoms with van der Waals surface area (Å²) in [5.74, 6) is 6.53. The summed E-state index contributed by atoms with van der Waals surface area (Å²) in [5, 5.41) is 0. The number of hydrogen-bond acceptors (Lipinski definition) is 1. The predicted molar refractivity (Wildman–Crippen MR) is 78.8 cm³/mol. The minimum Gasteiger partial charge on any atom is -0.285 e. The molecule has 1 fully saturated rings. The van der Waals surface area contributed by atoms with Crippen molar-refractivity contribution in [3.63, 3.8) is 0 Å².